The summed E-state index contributed by atoms with van der Waals surface area (Å²) in [5, 5.41) is 3.19. The number of nitrogens with one attached hydrogen (secondary N) is 1. The van der Waals surface area contributed by atoms with E-state index < -0.39 is 17.9 Å². The van der Waals surface area contributed by atoms with E-state index in [2.05, 4.69) is 46.1 Å². The second-order valence-electron chi connectivity index (χ2n) is 11.9. The van der Waals surface area contributed by atoms with Crippen LogP contribution in [0.15, 0.2) is 157 Å². The summed E-state index contributed by atoms with van der Waals surface area (Å²) >= 11 is 3.26. The van der Waals surface area contributed by atoms with Crippen LogP contribution >= 0.6 is 34.4 Å². The van der Waals surface area contributed by atoms with Crippen LogP contribution in [0.4, 0.5) is 0 Å². The molecule has 0 radical (unpaired) electrons. The quantitative estimate of drug-likeness (QED) is 0.0422. The molecule has 1 aliphatic heterocycles. The van der Waals surface area contributed by atoms with Crippen molar-refractivity contribution in [3.8, 4) is 11.5 Å². The predicted molar refractivity (Wildman–Crippen MR) is 226 cm³/mol. The van der Waals surface area contributed by atoms with Gasteiger partial charge in [-0.15, -0.1) is 6.58 Å². The van der Waals surface area contributed by atoms with E-state index in [1.165, 1.54) is 18.1 Å². The monoisotopic (exact) mass is 849 g/mol. The Labute approximate surface area is 334 Å². The first-order valence-electron chi connectivity index (χ1n) is 17.1. The van der Waals surface area contributed by atoms with E-state index in [1.807, 2.05) is 91.0 Å². The Kier molecular flexibility index (Phi) is 14.4. The van der Waals surface area contributed by atoms with Gasteiger partial charge in [-0.3, -0.25) is 19.3 Å². The molecule has 54 heavy (non-hydrogen) atoms. The molecule has 0 bridgehead atoms. The summed E-state index contributed by atoms with van der Waals surface area (Å²) in [6.45, 7) is 9.75. The zero-order chi connectivity index (χ0) is 38.5. The zero-order valence-corrected chi connectivity index (χ0v) is 33.0. The van der Waals surface area contributed by atoms with Crippen molar-refractivity contribution in [3.63, 3.8) is 0 Å². The molecular weight excluding hydrogens is 809 g/mol. The number of carbonyl (C=O) groups is 3. The van der Waals surface area contributed by atoms with E-state index in [1.54, 1.807) is 43.4 Å². The number of carbonyl (C=O) groups excluding carboxylic acids is 3. The number of hydrogen-bond donors (Lipinski definition) is 1. The third kappa shape index (κ3) is 10.1. The average Bonchev–Trinajstić information content (AvgIpc) is 3.19. The lowest BCUT2D eigenvalue weighted by Crippen LogP contribution is -2.42. The molecule has 0 fully saturated rings. The van der Waals surface area contributed by atoms with E-state index in [9.17, 15) is 14.4 Å². The van der Waals surface area contributed by atoms with Gasteiger partial charge < -0.3 is 14.8 Å². The van der Waals surface area contributed by atoms with Gasteiger partial charge in [-0.25, -0.2) is 0 Å². The van der Waals surface area contributed by atoms with Gasteiger partial charge in [0.2, 0.25) is 5.91 Å². The molecule has 1 aliphatic rings. The van der Waals surface area contributed by atoms with Gasteiger partial charge in [-0.2, -0.15) is 4.99 Å². The van der Waals surface area contributed by atoms with Gasteiger partial charge in [0.15, 0.2) is 16.7 Å². The van der Waals surface area contributed by atoms with Crippen molar-refractivity contribution in [2.75, 3.05) is 12.9 Å². The van der Waals surface area contributed by atoms with E-state index in [0.717, 1.165) is 37.6 Å². The van der Waals surface area contributed by atoms with Gasteiger partial charge >= 0.3 is 0 Å². The Morgan fingerprint density at radius 1 is 0.981 bits per heavy atom. The third-order valence-electron chi connectivity index (χ3n) is 8.26. The summed E-state index contributed by atoms with van der Waals surface area (Å²) in [5.74, 6) is -0.720. The summed E-state index contributed by atoms with van der Waals surface area (Å²) < 4.78 is 13.1. The molecule has 1 N–H and O–H groups in total. The number of methoxy groups -OCH3 is 1. The van der Waals surface area contributed by atoms with Gasteiger partial charge in [0, 0.05) is 14.8 Å². The maximum absolute atomic E-state index is 14.3. The van der Waals surface area contributed by atoms with Crippen molar-refractivity contribution < 1.29 is 23.9 Å². The van der Waals surface area contributed by atoms with Gasteiger partial charge in [0.25, 0.3) is 11.8 Å². The number of amidine groups is 1. The number of ether oxygens (including phenoxy) is 2. The molecule has 10 heteroatoms. The first kappa shape index (κ1) is 39.7. The number of nitrogens with zero attached hydrogens (tertiary/aromatic N) is 2. The van der Waals surface area contributed by atoms with E-state index in [-0.39, 0.29) is 22.4 Å². The highest BCUT2D eigenvalue weighted by Crippen LogP contribution is 2.36. The molecule has 0 saturated carbocycles. The summed E-state index contributed by atoms with van der Waals surface area (Å²) in [7, 11) is 1.54. The van der Waals surface area contributed by atoms with Crippen LogP contribution in [-0.2, 0) is 27.4 Å². The van der Waals surface area contributed by atoms with Crippen molar-refractivity contribution in [2.24, 2.45) is 4.99 Å². The Hall–Kier alpha value is -5.46. The van der Waals surface area contributed by atoms with E-state index >= 15 is 0 Å². The molecule has 0 saturated heterocycles. The third-order valence-corrected chi connectivity index (χ3v) is 9.92. The average molecular weight is 850 g/mol. The lowest BCUT2D eigenvalue weighted by molar-refractivity contribution is -0.126. The van der Waals surface area contributed by atoms with Crippen molar-refractivity contribution in [3.05, 3.63) is 183 Å². The fourth-order valence-electron chi connectivity index (χ4n) is 5.69. The van der Waals surface area contributed by atoms with Crippen LogP contribution in [0.3, 0.4) is 0 Å². The zero-order valence-electron chi connectivity index (χ0n) is 30.0. The van der Waals surface area contributed by atoms with Gasteiger partial charge in [-0.1, -0.05) is 115 Å². The first-order chi connectivity index (χ1) is 26.3. The lowest BCUT2D eigenvalue weighted by Gasteiger charge is -2.28. The van der Waals surface area contributed by atoms with E-state index in [0.29, 0.717) is 35.8 Å². The van der Waals surface area contributed by atoms with Crippen molar-refractivity contribution in [1.82, 2.24) is 10.2 Å². The molecule has 274 valence electrons. The molecule has 0 atom stereocenters. The summed E-state index contributed by atoms with van der Waals surface area (Å²) in [5.41, 5.74) is 4.46. The lowest BCUT2D eigenvalue weighted by atomic mass is 9.99. The number of rotatable bonds is 15. The molecule has 0 aliphatic carbocycles. The van der Waals surface area contributed by atoms with Crippen LogP contribution in [0.1, 0.15) is 40.8 Å². The number of allylic oxidation sites excluding steroid dienone is 5. The Bertz CT molecular complexity index is 2090. The molecule has 4 aromatic carbocycles. The van der Waals surface area contributed by atoms with E-state index in [4.69, 9.17) is 9.47 Å². The highest BCUT2D eigenvalue weighted by atomic mass is 127. The molecular formula is C44H40IN3O5S. The number of hydrogen-bond acceptors (Lipinski definition) is 6. The van der Waals surface area contributed by atoms with Crippen LogP contribution in [0.5, 0.6) is 11.5 Å². The number of halogens is 1. The predicted octanol–water partition coefficient (Wildman–Crippen LogP) is 9.00. The Balaban J connectivity index is 1.44. The number of thioether (sulfide) groups is 1. The van der Waals surface area contributed by atoms with Crippen LogP contribution < -0.4 is 14.8 Å². The maximum Gasteiger partial charge on any atom is 0.285 e. The second-order valence-corrected chi connectivity index (χ2v) is 14.1. The molecule has 3 amide bonds. The summed E-state index contributed by atoms with van der Waals surface area (Å²) in [4.78, 5) is 47.1. The SMILES string of the molecule is C=C/C=C\C(=C/C)N1C(=O)/C(=C/c2cc(CC=C)c(OCc3ccc(I)cc3)c(OC)c2)C(=O)N=C1SCC(=O)NC(c1ccccc1)c1ccccc1. The summed E-state index contributed by atoms with van der Waals surface area (Å²) in [6, 6.07) is 30.5. The Morgan fingerprint density at radius 3 is 2.24 bits per heavy atom. The highest BCUT2D eigenvalue weighted by molar-refractivity contribution is 14.1. The smallest absolute Gasteiger partial charge is 0.285 e. The fraction of sp³-hybridized carbons (Fsp3) is 0.136. The standard InChI is InChI=1S/C44H40IN3O5S/c1-5-8-20-36(7-3)48-43(51)37(26-31-25-34(15-6-2)41(38(27-31)52-4)53-28-30-21-23-35(45)24-22-30)42(50)47-44(48)54-29-39(49)46-40(32-16-11-9-12-17-32)33-18-13-10-14-19-33/h5-14,16-27,40H,1-2,15,28-29H2,3-4H3,(H,46,49)/b20-8-,36-7+,37-26+. The van der Waals surface area contributed by atoms with Crippen molar-refractivity contribution >= 4 is 63.3 Å². The number of amides is 3. The molecule has 0 unspecified atom stereocenters. The molecule has 5 rings (SSSR count). The molecule has 1 heterocycles. The van der Waals surface area contributed by atoms with Crippen molar-refractivity contribution in [1.29, 1.82) is 0 Å². The van der Waals surface area contributed by atoms with Crippen LogP contribution in [0.25, 0.3) is 6.08 Å². The largest absolute Gasteiger partial charge is 0.493 e. The maximum atomic E-state index is 14.3. The molecule has 0 spiro atoms. The van der Waals surface area contributed by atoms with Crippen molar-refractivity contribution in [2.45, 2.75) is 26.0 Å². The molecule has 8 nitrogen and oxygen atoms in total. The normalized spacial score (nSPS) is 14.0. The van der Waals surface area contributed by atoms with Gasteiger partial charge in [0.05, 0.1) is 18.9 Å². The van der Waals surface area contributed by atoms with Crippen LogP contribution in [0, 0.1) is 3.57 Å². The fourth-order valence-corrected chi connectivity index (χ4v) is 6.85. The first-order valence-corrected chi connectivity index (χ1v) is 19.2. The van der Waals surface area contributed by atoms with Gasteiger partial charge in [-0.05, 0) is 94.6 Å². The molecule has 0 aromatic heterocycles. The number of benzene rings is 4. The van der Waals surface area contributed by atoms with Crippen LogP contribution in [0.2, 0.25) is 0 Å². The van der Waals surface area contributed by atoms with Crippen LogP contribution in [-0.4, -0.2) is 40.7 Å². The minimum Gasteiger partial charge on any atom is -0.493 e. The minimum atomic E-state index is -0.725. The minimum absolute atomic E-state index is 0.0827. The second kappa shape index (κ2) is 19.6. The molecule has 4 aromatic rings. The highest BCUT2D eigenvalue weighted by Gasteiger charge is 2.35. The van der Waals surface area contributed by atoms with Gasteiger partial charge in [0.1, 0.15) is 12.2 Å². The summed E-state index contributed by atoms with van der Waals surface area (Å²) in [6.07, 6.45) is 10.4. The number of aliphatic imine (C=N–C) groups is 1. The Morgan fingerprint density at radius 2 is 1.65 bits per heavy atom. The topological polar surface area (TPSA) is 97.3 Å².